The molecule has 176 valence electrons. The number of hydrogen-bond donors (Lipinski definition) is 1. The summed E-state index contributed by atoms with van der Waals surface area (Å²) in [5.41, 5.74) is 3.70. The van der Waals surface area contributed by atoms with E-state index in [0.29, 0.717) is 10.8 Å². The van der Waals surface area contributed by atoms with Crippen LogP contribution in [-0.4, -0.2) is 11.2 Å². The van der Waals surface area contributed by atoms with Gasteiger partial charge in [0.1, 0.15) is 5.82 Å². The fourth-order valence-electron chi connectivity index (χ4n) is 9.15. The Morgan fingerprint density at radius 1 is 1.03 bits per heavy atom. The maximum Gasteiger partial charge on any atom is 0.123 e. The lowest BCUT2D eigenvalue weighted by Crippen LogP contribution is -2.51. The molecule has 0 bridgehead atoms. The molecule has 0 radical (unpaired) electrons. The highest BCUT2D eigenvalue weighted by molar-refractivity contribution is 5.25. The van der Waals surface area contributed by atoms with Gasteiger partial charge in [-0.05, 0) is 122 Å². The van der Waals surface area contributed by atoms with Crippen molar-refractivity contribution in [2.24, 2.45) is 40.4 Å². The van der Waals surface area contributed by atoms with Gasteiger partial charge in [-0.1, -0.05) is 51.0 Å². The maximum atomic E-state index is 13.3. The van der Waals surface area contributed by atoms with Gasteiger partial charge in [-0.15, -0.1) is 0 Å². The van der Waals surface area contributed by atoms with E-state index in [1.807, 2.05) is 12.1 Å². The van der Waals surface area contributed by atoms with Crippen molar-refractivity contribution in [3.8, 4) is 0 Å². The fraction of sp³-hybridized carbons (Fsp3) is 0.733. The minimum atomic E-state index is -0.130. The molecule has 1 nitrogen and oxygen atoms in total. The second kappa shape index (κ2) is 8.57. The SMILES string of the molecule is CC[C@@H](CCc1ccc(F)cc1)C1CCC2C3CC=C4CC(O)CCC4(C)C3CCC21C. The first-order valence-electron chi connectivity index (χ1n) is 13.5. The molecule has 4 aliphatic rings. The normalized spacial score (nSPS) is 41.9. The van der Waals surface area contributed by atoms with Crippen LogP contribution in [0.2, 0.25) is 0 Å². The molecule has 0 saturated heterocycles. The van der Waals surface area contributed by atoms with E-state index in [2.05, 4.69) is 26.8 Å². The number of rotatable bonds is 5. The highest BCUT2D eigenvalue weighted by atomic mass is 19.1. The van der Waals surface area contributed by atoms with Crippen LogP contribution >= 0.6 is 0 Å². The quantitative estimate of drug-likeness (QED) is 0.466. The summed E-state index contributed by atoms with van der Waals surface area (Å²) < 4.78 is 13.3. The molecule has 0 spiro atoms. The van der Waals surface area contributed by atoms with E-state index in [4.69, 9.17) is 0 Å². The van der Waals surface area contributed by atoms with E-state index in [1.165, 1.54) is 56.9 Å². The average Bonchev–Trinajstić information content (AvgIpc) is 3.13. The Bertz CT molecular complexity index is 843. The number of aliphatic hydroxyl groups excluding tert-OH is 1. The molecule has 0 amide bonds. The van der Waals surface area contributed by atoms with Gasteiger partial charge in [-0.2, -0.15) is 0 Å². The number of hydrogen-bond acceptors (Lipinski definition) is 1. The topological polar surface area (TPSA) is 20.2 Å². The van der Waals surface area contributed by atoms with Gasteiger partial charge in [0.2, 0.25) is 0 Å². The van der Waals surface area contributed by atoms with Gasteiger partial charge < -0.3 is 5.11 Å². The number of aryl methyl sites for hydroxylation is 1. The van der Waals surface area contributed by atoms with Crippen molar-refractivity contribution in [3.05, 3.63) is 47.3 Å². The molecule has 2 heteroatoms. The molecular formula is C30H43FO. The highest BCUT2D eigenvalue weighted by Crippen LogP contribution is 2.67. The van der Waals surface area contributed by atoms with Crippen LogP contribution in [0.3, 0.4) is 0 Å². The third-order valence-electron chi connectivity index (χ3n) is 11.0. The lowest BCUT2D eigenvalue weighted by Gasteiger charge is -2.58. The molecule has 8 atom stereocenters. The Morgan fingerprint density at radius 3 is 2.56 bits per heavy atom. The average molecular weight is 439 g/mol. The minimum absolute atomic E-state index is 0.109. The summed E-state index contributed by atoms with van der Waals surface area (Å²) in [6, 6.07) is 7.17. The van der Waals surface area contributed by atoms with Crippen LogP contribution < -0.4 is 0 Å². The maximum absolute atomic E-state index is 13.3. The van der Waals surface area contributed by atoms with E-state index in [-0.39, 0.29) is 11.9 Å². The minimum Gasteiger partial charge on any atom is -0.393 e. The third-order valence-corrected chi connectivity index (χ3v) is 11.0. The summed E-state index contributed by atoms with van der Waals surface area (Å²) in [6.07, 6.45) is 16.0. The molecule has 7 unspecified atom stereocenters. The zero-order valence-corrected chi connectivity index (χ0v) is 20.5. The lowest BCUT2D eigenvalue weighted by atomic mass is 9.47. The lowest BCUT2D eigenvalue weighted by molar-refractivity contribution is -0.0586. The summed E-state index contributed by atoms with van der Waals surface area (Å²) in [5.74, 6) is 4.03. The number of benzene rings is 1. The van der Waals surface area contributed by atoms with Crippen LogP contribution in [0.4, 0.5) is 4.39 Å². The second-order valence-electron chi connectivity index (χ2n) is 12.2. The van der Waals surface area contributed by atoms with Crippen molar-refractivity contribution in [2.45, 2.75) is 97.5 Å². The highest BCUT2D eigenvalue weighted by Gasteiger charge is 2.59. The monoisotopic (exact) mass is 438 g/mol. The molecule has 32 heavy (non-hydrogen) atoms. The van der Waals surface area contributed by atoms with Gasteiger partial charge in [0.05, 0.1) is 6.10 Å². The summed E-state index contributed by atoms with van der Waals surface area (Å²) in [6.45, 7) is 7.58. The summed E-state index contributed by atoms with van der Waals surface area (Å²) in [4.78, 5) is 0. The van der Waals surface area contributed by atoms with Gasteiger partial charge in [0.15, 0.2) is 0 Å². The Morgan fingerprint density at radius 2 is 1.81 bits per heavy atom. The summed E-state index contributed by atoms with van der Waals surface area (Å²) >= 11 is 0. The standard InChI is InChI=1S/C30H43FO/c1-4-21(8-5-20-6-10-23(31)11-7-20)26-13-14-27-25-12-9-22-19-24(32)15-17-29(22,2)28(25)16-18-30(26,27)3/h6-7,9-11,21,24-28,32H,4-5,8,12-19H2,1-3H3/t21-,24?,25?,26?,27?,28?,29?,30?/m0/s1. The van der Waals surface area contributed by atoms with Crippen LogP contribution in [0.15, 0.2) is 35.9 Å². The summed E-state index contributed by atoms with van der Waals surface area (Å²) in [5, 5.41) is 10.3. The van der Waals surface area contributed by atoms with Crippen LogP contribution in [0.1, 0.15) is 90.5 Å². The van der Waals surface area contributed by atoms with Crippen LogP contribution in [0, 0.1) is 46.2 Å². The molecule has 3 fully saturated rings. The zero-order valence-electron chi connectivity index (χ0n) is 20.5. The van der Waals surface area contributed by atoms with E-state index in [0.717, 1.165) is 48.9 Å². The van der Waals surface area contributed by atoms with Crippen molar-refractivity contribution in [1.82, 2.24) is 0 Å². The number of halogens is 1. The molecule has 1 N–H and O–H groups in total. The largest absolute Gasteiger partial charge is 0.393 e. The second-order valence-corrected chi connectivity index (χ2v) is 12.2. The number of fused-ring (bicyclic) bond motifs is 5. The van der Waals surface area contributed by atoms with Gasteiger partial charge in [0.25, 0.3) is 0 Å². The van der Waals surface area contributed by atoms with Crippen LogP contribution in [0.25, 0.3) is 0 Å². The summed E-state index contributed by atoms with van der Waals surface area (Å²) in [7, 11) is 0. The smallest absolute Gasteiger partial charge is 0.123 e. The van der Waals surface area contributed by atoms with Gasteiger partial charge in [0, 0.05) is 0 Å². The van der Waals surface area contributed by atoms with Crippen molar-refractivity contribution in [2.75, 3.05) is 0 Å². The third kappa shape index (κ3) is 3.69. The first-order chi connectivity index (χ1) is 15.3. The van der Waals surface area contributed by atoms with Crippen molar-refractivity contribution in [1.29, 1.82) is 0 Å². The Hall–Kier alpha value is -1.15. The Labute approximate surface area is 194 Å². The van der Waals surface area contributed by atoms with E-state index in [1.54, 1.807) is 17.7 Å². The van der Waals surface area contributed by atoms with E-state index in [9.17, 15) is 9.50 Å². The molecular weight excluding hydrogens is 395 g/mol. The van der Waals surface area contributed by atoms with Crippen molar-refractivity contribution >= 4 is 0 Å². The predicted octanol–water partition coefficient (Wildman–Crippen LogP) is 7.72. The molecule has 0 aromatic heterocycles. The van der Waals surface area contributed by atoms with Gasteiger partial charge in [-0.25, -0.2) is 4.39 Å². The molecule has 5 rings (SSSR count). The predicted molar refractivity (Wildman–Crippen MR) is 130 cm³/mol. The van der Waals surface area contributed by atoms with E-state index < -0.39 is 0 Å². The zero-order chi connectivity index (χ0) is 22.5. The van der Waals surface area contributed by atoms with E-state index >= 15 is 0 Å². The molecule has 4 aliphatic carbocycles. The molecule has 1 aromatic carbocycles. The molecule has 1 aromatic rings. The fourth-order valence-corrected chi connectivity index (χ4v) is 9.15. The van der Waals surface area contributed by atoms with Crippen LogP contribution in [0.5, 0.6) is 0 Å². The van der Waals surface area contributed by atoms with Crippen molar-refractivity contribution in [3.63, 3.8) is 0 Å². The number of allylic oxidation sites excluding steroid dienone is 1. The molecule has 0 heterocycles. The van der Waals surface area contributed by atoms with Gasteiger partial charge in [-0.3, -0.25) is 0 Å². The Balaban J connectivity index is 1.32. The van der Waals surface area contributed by atoms with Crippen LogP contribution in [-0.2, 0) is 6.42 Å². The Kier molecular flexibility index (Phi) is 6.06. The van der Waals surface area contributed by atoms with Crippen molar-refractivity contribution < 1.29 is 9.50 Å². The first-order valence-corrected chi connectivity index (χ1v) is 13.5. The molecule has 0 aliphatic heterocycles. The first kappa shape index (κ1) is 22.6. The van der Waals surface area contributed by atoms with Gasteiger partial charge >= 0.3 is 0 Å². The number of aliphatic hydroxyl groups is 1. The molecule has 3 saturated carbocycles.